The van der Waals surface area contributed by atoms with Gasteiger partial charge in [-0.15, -0.1) is 0 Å². The highest BCUT2D eigenvalue weighted by Crippen LogP contribution is 2.23. The maximum atomic E-state index is 11.8. The molecular formula is C13H12ClNO3S. The summed E-state index contributed by atoms with van der Waals surface area (Å²) < 4.78 is 1.60. The van der Waals surface area contributed by atoms with Crippen LogP contribution in [0.3, 0.4) is 0 Å². The molecule has 0 aliphatic heterocycles. The molecule has 0 bridgehead atoms. The van der Waals surface area contributed by atoms with Crippen molar-refractivity contribution in [3.8, 4) is 11.3 Å². The third kappa shape index (κ3) is 3.45. The third-order valence-corrected chi connectivity index (χ3v) is 3.67. The molecule has 19 heavy (non-hydrogen) atoms. The summed E-state index contributed by atoms with van der Waals surface area (Å²) in [5.41, 5.74) is 1.64. The fraction of sp³-hybridized carbons (Fsp3) is 0.231. The normalized spacial score (nSPS) is 10.6. The Labute approximate surface area is 118 Å². The molecule has 0 aliphatic carbocycles. The SMILES string of the molecule is O=C(O)CCCn1c(-c2cccc(Cl)c2)csc1=O. The second-order valence-corrected chi connectivity index (χ2v) is 5.30. The van der Waals surface area contributed by atoms with Crippen molar-refractivity contribution < 1.29 is 9.90 Å². The van der Waals surface area contributed by atoms with Crippen LogP contribution in [-0.4, -0.2) is 15.6 Å². The van der Waals surface area contributed by atoms with Crippen LogP contribution in [0.15, 0.2) is 34.4 Å². The summed E-state index contributed by atoms with van der Waals surface area (Å²) in [4.78, 5) is 22.2. The van der Waals surface area contributed by atoms with Gasteiger partial charge in [0.15, 0.2) is 0 Å². The van der Waals surface area contributed by atoms with E-state index in [4.69, 9.17) is 16.7 Å². The number of benzene rings is 1. The number of hydrogen-bond acceptors (Lipinski definition) is 3. The van der Waals surface area contributed by atoms with Gasteiger partial charge >= 0.3 is 10.8 Å². The molecule has 0 saturated heterocycles. The molecule has 0 radical (unpaired) electrons. The molecule has 0 spiro atoms. The number of rotatable bonds is 5. The molecule has 0 amide bonds. The lowest BCUT2D eigenvalue weighted by molar-refractivity contribution is -0.137. The molecule has 0 unspecified atom stereocenters. The van der Waals surface area contributed by atoms with Crippen LogP contribution in [0.2, 0.25) is 5.02 Å². The third-order valence-electron chi connectivity index (χ3n) is 2.68. The number of carboxylic acid groups (broad SMARTS) is 1. The Hall–Kier alpha value is -1.59. The standard InChI is InChI=1S/C13H12ClNO3S/c14-10-4-1-3-9(7-10)11-8-19-13(18)15(11)6-2-5-12(16)17/h1,3-4,7-8H,2,5-6H2,(H,16,17). The molecule has 1 aromatic carbocycles. The Morgan fingerprint density at radius 1 is 1.42 bits per heavy atom. The first-order valence-electron chi connectivity index (χ1n) is 5.74. The minimum atomic E-state index is -0.854. The number of thiazole rings is 1. The predicted octanol–water partition coefficient (Wildman–Crippen LogP) is 3.10. The van der Waals surface area contributed by atoms with Crippen LogP contribution in [0.25, 0.3) is 11.3 Å². The maximum Gasteiger partial charge on any atom is 0.307 e. The zero-order chi connectivity index (χ0) is 13.8. The summed E-state index contributed by atoms with van der Waals surface area (Å²) in [5, 5.41) is 11.0. The predicted molar refractivity (Wildman–Crippen MR) is 75.9 cm³/mol. The number of carbonyl (C=O) groups is 1. The number of carboxylic acids is 1. The topological polar surface area (TPSA) is 59.3 Å². The van der Waals surface area contributed by atoms with E-state index in [2.05, 4.69) is 0 Å². The summed E-state index contributed by atoms with van der Waals surface area (Å²) in [7, 11) is 0. The molecule has 4 nitrogen and oxygen atoms in total. The average molecular weight is 298 g/mol. The van der Waals surface area contributed by atoms with E-state index in [9.17, 15) is 9.59 Å². The summed E-state index contributed by atoms with van der Waals surface area (Å²) in [6.45, 7) is 0.399. The van der Waals surface area contributed by atoms with Crippen molar-refractivity contribution in [2.75, 3.05) is 0 Å². The van der Waals surface area contributed by atoms with E-state index in [1.165, 1.54) is 0 Å². The monoisotopic (exact) mass is 297 g/mol. The lowest BCUT2D eigenvalue weighted by atomic mass is 10.1. The first-order valence-corrected chi connectivity index (χ1v) is 7.00. The van der Waals surface area contributed by atoms with E-state index in [0.29, 0.717) is 18.0 Å². The fourth-order valence-electron chi connectivity index (χ4n) is 1.80. The average Bonchev–Trinajstić information content (AvgIpc) is 2.71. The first kappa shape index (κ1) is 13.8. The van der Waals surface area contributed by atoms with Gasteiger partial charge in [0.1, 0.15) is 0 Å². The Balaban J connectivity index is 2.27. The van der Waals surface area contributed by atoms with E-state index in [1.807, 2.05) is 12.1 Å². The van der Waals surface area contributed by atoms with Gasteiger partial charge in [0, 0.05) is 28.9 Å². The largest absolute Gasteiger partial charge is 0.481 e. The van der Waals surface area contributed by atoms with E-state index in [0.717, 1.165) is 22.6 Å². The smallest absolute Gasteiger partial charge is 0.307 e. The number of nitrogens with zero attached hydrogens (tertiary/aromatic N) is 1. The second-order valence-electron chi connectivity index (χ2n) is 4.05. The molecule has 2 rings (SSSR count). The lowest BCUT2D eigenvalue weighted by Gasteiger charge is -2.07. The van der Waals surface area contributed by atoms with Crippen LogP contribution >= 0.6 is 22.9 Å². The molecule has 100 valence electrons. The number of halogens is 1. The van der Waals surface area contributed by atoms with Crippen molar-refractivity contribution in [2.24, 2.45) is 0 Å². The number of aromatic nitrogens is 1. The van der Waals surface area contributed by atoms with Gasteiger partial charge in [-0.3, -0.25) is 14.2 Å². The van der Waals surface area contributed by atoms with Crippen LogP contribution in [0.4, 0.5) is 0 Å². The van der Waals surface area contributed by atoms with Crippen molar-refractivity contribution in [1.82, 2.24) is 4.57 Å². The highest BCUT2D eigenvalue weighted by molar-refractivity contribution is 7.07. The Morgan fingerprint density at radius 2 is 2.21 bits per heavy atom. The molecule has 1 aromatic heterocycles. The second kappa shape index (κ2) is 6.04. The van der Waals surface area contributed by atoms with E-state index < -0.39 is 5.97 Å². The van der Waals surface area contributed by atoms with Crippen LogP contribution in [0, 0.1) is 0 Å². The van der Waals surface area contributed by atoms with Crippen molar-refractivity contribution in [2.45, 2.75) is 19.4 Å². The van der Waals surface area contributed by atoms with Gasteiger partial charge in [-0.1, -0.05) is 35.1 Å². The van der Waals surface area contributed by atoms with Gasteiger partial charge in [0.2, 0.25) is 0 Å². The van der Waals surface area contributed by atoms with Gasteiger partial charge in [0.05, 0.1) is 5.69 Å². The maximum absolute atomic E-state index is 11.8. The molecule has 0 aliphatic rings. The van der Waals surface area contributed by atoms with Gasteiger partial charge in [-0.2, -0.15) is 0 Å². The van der Waals surface area contributed by atoms with Crippen molar-refractivity contribution in [3.63, 3.8) is 0 Å². The summed E-state index contributed by atoms with van der Waals surface area (Å²) in [6.07, 6.45) is 0.483. The summed E-state index contributed by atoms with van der Waals surface area (Å²) in [6, 6.07) is 7.25. The molecule has 1 N–H and O–H groups in total. The Kier molecular flexibility index (Phi) is 4.39. The van der Waals surface area contributed by atoms with Crippen molar-refractivity contribution in [1.29, 1.82) is 0 Å². The van der Waals surface area contributed by atoms with E-state index in [-0.39, 0.29) is 11.3 Å². The minimum Gasteiger partial charge on any atom is -0.481 e. The molecule has 0 atom stereocenters. The first-order chi connectivity index (χ1) is 9.08. The highest BCUT2D eigenvalue weighted by atomic mass is 35.5. The molecule has 1 heterocycles. The zero-order valence-corrected chi connectivity index (χ0v) is 11.6. The lowest BCUT2D eigenvalue weighted by Crippen LogP contribution is -2.15. The van der Waals surface area contributed by atoms with Gasteiger partial charge in [-0.25, -0.2) is 0 Å². The van der Waals surface area contributed by atoms with Crippen LogP contribution in [-0.2, 0) is 11.3 Å². The van der Waals surface area contributed by atoms with Gasteiger partial charge < -0.3 is 5.11 Å². The number of aliphatic carboxylic acids is 1. The number of hydrogen-bond donors (Lipinski definition) is 1. The fourth-order valence-corrected chi connectivity index (χ4v) is 2.79. The Bertz CT molecular complexity index is 647. The van der Waals surface area contributed by atoms with Crippen molar-refractivity contribution >= 4 is 28.9 Å². The molecule has 6 heteroatoms. The Morgan fingerprint density at radius 3 is 2.89 bits per heavy atom. The molecular weight excluding hydrogens is 286 g/mol. The van der Waals surface area contributed by atoms with E-state index in [1.54, 1.807) is 22.1 Å². The molecule has 0 saturated carbocycles. The van der Waals surface area contributed by atoms with Gasteiger partial charge in [-0.05, 0) is 18.6 Å². The minimum absolute atomic E-state index is 0.0528. The molecule has 0 fully saturated rings. The quantitative estimate of drug-likeness (QED) is 0.922. The van der Waals surface area contributed by atoms with Crippen LogP contribution in [0.1, 0.15) is 12.8 Å². The summed E-state index contributed by atoms with van der Waals surface area (Å²) >= 11 is 7.05. The van der Waals surface area contributed by atoms with E-state index >= 15 is 0 Å². The summed E-state index contributed by atoms with van der Waals surface area (Å²) in [5.74, 6) is -0.854. The zero-order valence-electron chi connectivity index (χ0n) is 10.0. The van der Waals surface area contributed by atoms with Crippen LogP contribution in [0.5, 0.6) is 0 Å². The van der Waals surface area contributed by atoms with Crippen molar-refractivity contribution in [3.05, 3.63) is 44.3 Å². The molecule has 2 aromatic rings. The van der Waals surface area contributed by atoms with Crippen LogP contribution < -0.4 is 4.87 Å². The van der Waals surface area contributed by atoms with Gasteiger partial charge in [0.25, 0.3) is 0 Å². The highest BCUT2D eigenvalue weighted by Gasteiger charge is 2.09.